The molecule has 1 rings (SSSR count). The Balaban J connectivity index is 2.71. The van der Waals surface area contributed by atoms with E-state index < -0.39 is 18.1 Å². The highest BCUT2D eigenvalue weighted by Crippen LogP contribution is 2.14. The van der Waals surface area contributed by atoms with Crippen LogP contribution in [0.3, 0.4) is 0 Å². The molecule has 0 fully saturated rings. The molecule has 0 saturated heterocycles. The molecule has 1 N–H and O–H groups in total. The zero-order valence-electron chi connectivity index (χ0n) is 11.4. The number of carboxylic acid groups (broad SMARTS) is 1. The van der Waals surface area contributed by atoms with Crippen LogP contribution in [0, 0.1) is 5.92 Å². The maximum absolute atomic E-state index is 11.9. The van der Waals surface area contributed by atoms with E-state index in [1.54, 1.807) is 30.3 Å². The molecule has 0 aromatic heterocycles. The van der Waals surface area contributed by atoms with Crippen molar-refractivity contribution in [2.24, 2.45) is 5.92 Å². The number of nitrogens with zero attached hydrogens (tertiary/aromatic N) is 1. The Hall–Kier alpha value is -2.04. The Morgan fingerprint density at radius 2 is 1.84 bits per heavy atom. The minimum absolute atomic E-state index is 0.174. The van der Waals surface area contributed by atoms with Gasteiger partial charge in [0.1, 0.15) is 11.8 Å². The third-order valence-electron chi connectivity index (χ3n) is 2.68. The first-order chi connectivity index (χ1) is 8.91. The van der Waals surface area contributed by atoms with Gasteiger partial charge in [0, 0.05) is 7.05 Å². The van der Waals surface area contributed by atoms with E-state index in [0.717, 1.165) is 4.90 Å². The molecule has 1 amide bonds. The maximum Gasteiger partial charge on any atom is 0.415 e. The van der Waals surface area contributed by atoms with Gasteiger partial charge >= 0.3 is 12.1 Å². The van der Waals surface area contributed by atoms with Crippen molar-refractivity contribution in [3.8, 4) is 5.75 Å². The zero-order valence-corrected chi connectivity index (χ0v) is 11.4. The fraction of sp³-hybridized carbons (Fsp3) is 0.429. The molecule has 0 aliphatic rings. The molecule has 1 aromatic carbocycles. The lowest BCUT2D eigenvalue weighted by Gasteiger charge is -2.25. The zero-order chi connectivity index (χ0) is 14.4. The number of hydrogen-bond acceptors (Lipinski definition) is 3. The summed E-state index contributed by atoms with van der Waals surface area (Å²) in [6, 6.07) is 7.70. The van der Waals surface area contributed by atoms with Crippen LogP contribution >= 0.6 is 0 Å². The van der Waals surface area contributed by atoms with E-state index in [4.69, 9.17) is 9.84 Å². The van der Waals surface area contributed by atoms with Crippen molar-refractivity contribution < 1.29 is 19.4 Å². The number of benzene rings is 1. The first-order valence-corrected chi connectivity index (χ1v) is 6.14. The second kappa shape index (κ2) is 6.78. The Bertz CT molecular complexity index is 430. The Morgan fingerprint density at radius 1 is 1.26 bits per heavy atom. The number of carbonyl (C=O) groups excluding carboxylic acids is 1. The van der Waals surface area contributed by atoms with Crippen molar-refractivity contribution in [2.75, 3.05) is 7.05 Å². The third-order valence-corrected chi connectivity index (χ3v) is 2.68. The first kappa shape index (κ1) is 15.0. The third kappa shape index (κ3) is 4.62. The van der Waals surface area contributed by atoms with Gasteiger partial charge in [-0.3, -0.25) is 4.90 Å². The van der Waals surface area contributed by atoms with Crippen LogP contribution in [0.5, 0.6) is 5.75 Å². The smallest absolute Gasteiger partial charge is 0.415 e. The van der Waals surface area contributed by atoms with Crippen LogP contribution in [-0.4, -0.2) is 35.2 Å². The highest BCUT2D eigenvalue weighted by Gasteiger charge is 2.28. The first-order valence-electron chi connectivity index (χ1n) is 6.14. The number of carbonyl (C=O) groups is 2. The molecule has 104 valence electrons. The van der Waals surface area contributed by atoms with E-state index in [1.807, 2.05) is 13.8 Å². The Morgan fingerprint density at radius 3 is 2.32 bits per heavy atom. The largest absolute Gasteiger partial charge is 0.480 e. The molecule has 5 nitrogen and oxygen atoms in total. The van der Waals surface area contributed by atoms with Crippen molar-refractivity contribution in [2.45, 2.75) is 26.3 Å². The van der Waals surface area contributed by atoms with Crippen LogP contribution in [0.15, 0.2) is 30.3 Å². The number of carboxylic acids is 1. The summed E-state index contributed by atoms with van der Waals surface area (Å²) in [5, 5.41) is 9.16. The molecular formula is C14H19NO4. The summed E-state index contributed by atoms with van der Waals surface area (Å²) in [6.45, 7) is 3.82. The van der Waals surface area contributed by atoms with Gasteiger partial charge in [-0.05, 0) is 24.5 Å². The lowest BCUT2D eigenvalue weighted by Crippen LogP contribution is -2.44. The van der Waals surface area contributed by atoms with Crippen molar-refractivity contribution in [1.82, 2.24) is 4.90 Å². The van der Waals surface area contributed by atoms with E-state index in [9.17, 15) is 9.59 Å². The molecule has 0 spiro atoms. The molecular weight excluding hydrogens is 246 g/mol. The van der Waals surface area contributed by atoms with E-state index in [1.165, 1.54) is 7.05 Å². The normalized spacial score (nSPS) is 12.0. The SMILES string of the molecule is CC(C)CC(C(=O)O)N(C)C(=O)Oc1ccccc1. The van der Waals surface area contributed by atoms with Crippen LogP contribution in [0.1, 0.15) is 20.3 Å². The molecule has 0 saturated carbocycles. The highest BCUT2D eigenvalue weighted by molar-refractivity contribution is 5.80. The number of amides is 1. The van der Waals surface area contributed by atoms with E-state index in [-0.39, 0.29) is 5.92 Å². The topological polar surface area (TPSA) is 66.8 Å². The minimum Gasteiger partial charge on any atom is -0.480 e. The molecule has 0 aliphatic heterocycles. The van der Waals surface area contributed by atoms with Gasteiger partial charge in [-0.15, -0.1) is 0 Å². The van der Waals surface area contributed by atoms with Gasteiger partial charge < -0.3 is 9.84 Å². The molecule has 19 heavy (non-hydrogen) atoms. The number of hydrogen-bond donors (Lipinski definition) is 1. The predicted molar refractivity (Wildman–Crippen MR) is 71.1 cm³/mol. The van der Waals surface area contributed by atoms with E-state index >= 15 is 0 Å². The fourth-order valence-electron chi connectivity index (χ4n) is 1.66. The summed E-state index contributed by atoms with van der Waals surface area (Å²) >= 11 is 0. The van der Waals surface area contributed by atoms with Gasteiger partial charge in [0.25, 0.3) is 0 Å². The monoisotopic (exact) mass is 265 g/mol. The number of ether oxygens (including phenoxy) is 1. The molecule has 0 radical (unpaired) electrons. The predicted octanol–water partition coefficient (Wildman–Crippen LogP) is 2.62. The molecule has 5 heteroatoms. The summed E-state index contributed by atoms with van der Waals surface area (Å²) in [5.41, 5.74) is 0. The second-order valence-electron chi connectivity index (χ2n) is 4.78. The molecule has 0 heterocycles. The molecule has 1 unspecified atom stereocenters. The standard InChI is InChI=1S/C14H19NO4/c1-10(2)9-12(13(16)17)15(3)14(18)19-11-7-5-4-6-8-11/h4-8,10,12H,9H2,1-3H3,(H,16,17). The van der Waals surface area contributed by atoms with Crippen LogP contribution in [0.2, 0.25) is 0 Å². The van der Waals surface area contributed by atoms with Gasteiger partial charge in [-0.2, -0.15) is 0 Å². The average molecular weight is 265 g/mol. The summed E-state index contributed by atoms with van der Waals surface area (Å²) in [4.78, 5) is 24.2. The summed E-state index contributed by atoms with van der Waals surface area (Å²) in [7, 11) is 1.44. The number of likely N-dealkylation sites (N-methyl/N-ethyl adjacent to an activating group) is 1. The van der Waals surface area contributed by atoms with Crippen LogP contribution in [-0.2, 0) is 4.79 Å². The van der Waals surface area contributed by atoms with Gasteiger partial charge in [-0.25, -0.2) is 9.59 Å². The fourth-order valence-corrected chi connectivity index (χ4v) is 1.66. The van der Waals surface area contributed by atoms with Crippen LogP contribution in [0.4, 0.5) is 4.79 Å². The average Bonchev–Trinajstić information content (AvgIpc) is 2.35. The summed E-state index contributed by atoms with van der Waals surface area (Å²) in [6.07, 6.45) is -0.283. The van der Waals surface area contributed by atoms with Crippen molar-refractivity contribution >= 4 is 12.1 Å². The second-order valence-corrected chi connectivity index (χ2v) is 4.78. The molecule has 0 aliphatic carbocycles. The number of para-hydroxylation sites is 1. The van der Waals surface area contributed by atoms with Crippen LogP contribution < -0.4 is 4.74 Å². The molecule has 0 bridgehead atoms. The Kier molecular flexibility index (Phi) is 5.36. The van der Waals surface area contributed by atoms with Crippen molar-refractivity contribution in [3.63, 3.8) is 0 Å². The molecule has 1 aromatic rings. The molecule has 1 atom stereocenters. The lowest BCUT2D eigenvalue weighted by atomic mass is 10.0. The number of rotatable bonds is 5. The van der Waals surface area contributed by atoms with Crippen molar-refractivity contribution in [3.05, 3.63) is 30.3 Å². The van der Waals surface area contributed by atoms with Gasteiger partial charge in [-0.1, -0.05) is 32.0 Å². The Labute approximate surface area is 112 Å². The number of aliphatic carboxylic acids is 1. The van der Waals surface area contributed by atoms with Gasteiger partial charge in [0.2, 0.25) is 0 Å². The van der Waals surface area contributed by atoms with E-state index in [0.29, 0.717) is 12.2 Å². The lowest BCUT2D eigenvalue weighted by molar-refractivity contribution is -0.142. The maximum atomic E-state index is 11.9. The summed E-state index contributed by atoms with van der Waals surface area (Å²) < 4.78 is 5.11. The minimum atomic E-state index is -1.03. The van der Waals surface area contributed by atoms with Gasteiger partial charge in [0.15, 0.2) is 0 Å². The quantitative estimate of drug-likeness (QED) is 0.888. The van der Waals surface area contributed by atoms with Crippen LogP contribution in [0.25, 0.3) is 0 Å². The van der Waals surface area contributed by atoms with E-state index in [2.05, 4.69) is 0 Å². The van der Waals surface area contributed by atoms with Gasteiger partial charge in [0.05, 0.1) is 0 Å². The van der Waals surface area contributed by atoms with Crippen molar-refractivity contribution in [1.29, 1.82) is 0 Å². The summed E-state index contributed by atoms with van der Waals surface area (Å²) in [5.74, 6) is -0.456. The highest BCUT2D eigenvalue weighted by atomic mass is 16.6.